The molecule has 0 fully saturated rings. The third-order valence-corrected chi connectivity index (χ3v) is 1.90. The van der Waals surface area contributed by atoms with Gasteiger partial charge in [-0.2, -0.15) is 12.6 Å². The fourth-order valence-corrected chi connectivity index (χ4v) is 0.891. The summed E-state index contributed by atoms with van der Waals surface area (Å²) in [6.45, 7) is 9.70. The lowest BCUT2D eigenvalue weighted by molar-refractivity contribution is 1.26. The lowest BCUT2D eigenvalue weighted by atomic mass is 10.1. The van der Waals surface area contributed by atoms with E-state index in [1.165, 1.54) is 0 Å². The summed E-state index contributed by atoms with van der Waals surface area (Å²) >= 11 is 4.01. The maximum atomic E-state index is 5.69. The van der Waals surface area contributed by atoms with Crippen molar-refractivity contribution < 1.29 is 0 Å². The minimum Gasteiger partial charge on any atom is -0.402 e. The highest BCUT2D eigenvalue weighted by Crippen LogP contribution is 2.12. The first-order chi connectivity index (χ1) is 5.99. The van der Waals surface area contributed by atoms with Crippen molar-refractivity contribution >= 4 is 12.6 Å². The zero-order valence-corrected chi connectivity index (χ0v) is 9.36. The van der Waals surface area contributed by atoms with Gasteiger partial charge in [0.05, 0.1) is 0 Å². The Morgan fingerprint density at radius 3 is 2.15 bits per heavy atom. The molecule has 0 unspecified atom stereocenters. The summed E-state index contributed by atoms with van der Waals surface area (Å²) in [5.41, 5.74) is 9.63. The van der Waals surface area contributed by atoms with Crippen LogP contribution in [0, 0.1) is 0 Å². The summed E-state index contributed by atoms with van der Waals surface area (Å²) in [5.74, 6) is 0. The Balaban J connectivity index is 4.93. The smallest absolute Gasteiger partial charge is 0.0123 e. The van der Waals surface area contributed by atoms with Crippen molar-refractivity contribution in [2.45, 2.75) is 20.8 Å². The maximum Gasteiger partial charge on any atom is 0.0123 e. The van der Waals surface area contributed by atoms with Crippen LogP contribution in [0.5, 0.6) is 0 Å². The van der Waals surface area contributed by atoms with Gasteiger partial charge >= 0.3 is 0 Å². The second kappa shape index (κ2) is 5.70. The molecule has 2 N–H and O–H groups in total. The molecule has 0 rings (SSSR count). The third-order valence-electron chi connectivity index (χ3n) is 1.75. The van der Waals surface area contributed by atoms with E-state index in [9.17, 15) is 0 Å². The molecule has 0 heterocycles. The first-order valence-corrected chi connectivity index (χ1v) is 4.62. The van der Waals surface area contributed by atoms with Crippen molar-refractivity contribution in [1.29, 1.82) is 0 Å². The minimum atomic E-state index is 0.783. The zero-order chi connectivity index (χ0) is 10.4. The predicted molar refractivity (Wildman–Crippen MR) is 63.6 cm³/mol. The van der Waals surface area contributed by atoms with E-state index in [1.54, 1.807) is 5.41 Å². The van der Waals surface area contributed by atoms with Gasteiger partial charge in [-0.15, -0.1) is 0 Å². The van der Waals surface area contributed by atoms with E-state index in [4.69, 9.17) is 5.73 Å². The minimum absolute atomic E-state index is 0.783. The van der Waals surface area contributed by atoms with Crippen LogP contribution in [0.2, 0.25) is 0 Å². The molecule has 1 nitrogen and oxygen atoms in total. The van der Waals surface area contributed by atoms with Crippen LogP contribution in [0.3, 0.4) is 0 Å². The summed E-state index contributed by atoms with van der Waals surface area (Å²) in [6, 6.07) is 0. The third kappa shape index (κ3) is 4.63. The normalized spacial score (nSPS) is 14.6. The van der Waals surface area contributed by atoms with Gasteiger partial charge in [0.2, 0.25) is 0 Å². The van der Waals surface area contributed by atoms with Crippen molar-refractivity contribution in [1.82, 2.24) is 0 Å². The summed E-state index contributed by atoms with van der Waals surface area (Å²) < 4.78 is 0. The van der Waals surface area contributed by atoms with Gasteiger partial charge in [-0.3, -0.25) is 0 Å². The molecule has 0 aliphatic heterocycles. The Hall–Kier alpha value is -0.890. The van der Waals surface area contributed by atoms with Crippen LogP contribution in [0.1, 0.15) is 20.8 Å². The van der Waals surface area contributed by atoms with E-state index in [-0.39, 0.29) is 0 Å². The van der Waals surface area contributed by atoms with Gasteiger partial charge in [-0.25, -0.2) is 0 Å². The van der Waals surface area contributed by atoms with Crippen molar-refractivity contribution in [3.8, 4) is 0 Å². The second-order valence-electron chi connectivity index (χ2n) is 3.06. The Labute approximate surface area is 86.1 Å². The molecule has 0 amide bonds. The zero-order valence-electron chi connectivity index (χ0n) is 8.46. The van der Waals surface area contributed by atoms with Crippen molar-refractivity contribution in [2.24, 2.45) is 5.73 Å². The number of hydrogen-bond donors (Lipinski definition) is 2. The van der Waals surface area contributed by atoms with Crippen LogP contribution in [-0.2, 0) is 0 Å². The molecular weight excluding hydrogens is 178 g/mol. The average molecular weight is 195 g/mol. The largest absolute Gasteiger partial charge is 0.402 e. The lowest BCUT2D eigenvalue weighted by Gasteiger charge is -2.02. The summed E-state index contributed by atoms with van der Waals surface area (Å²) in [7, 11) is 0. The Bertz CT molecular complexity index is 278. The van der Waals surface area contributed by atoms with E-state index in [0.29, 0.717) is 0 Å². The molecule has 0 bridgehead atoms. The van der Waals surface area contributed by atoms with E-state index in [1.807, 2.05) is 32.9 Å². The van der Waals surface area contributed by atoms with Crippen LogP contribution in [-0.4, -0.2) is 0 Å². The highest BCUT2D eigenvalue weighted by Gasteiger charge is 1.94. The molecule has 0 aliphatic carbocycles. The van der Waals surface area contributed by atoms with Crippen LogP contribution >= 0.6 is 12.6 Å². The van der Waals surface area contributed by atoms with Crippen molar-refractivity contribution in [3.05, 3.63) is 46.6 Å². The fourth-order valence-electron chi connectivity index (χ4n) is 0.730. The van der Waals surface area contributed by atoms with Crippen LogP contribution in [0.25, 0.3) is 0 Å². The highest BCUT2D eigenvalue weighted by molar-refractivity contribution is 7.83. The van der Waals surface area contributed by atoms with Gasteiger partial charge < -0.3 is 5.73 Å². The van der Waals surface area contributed by atoms with Gasteiger partial charge in [0.15, 0.2) is 0 Å². The molecular formula is C11H17NS. The Kier molecular flexibility index (Phi) is 5.31. The molecule has 0 aromatic heterocycles. The van der Waals surface area contributed by atoms with Gasteiger partial charge in [0.1, 0.15) is 0 Å². The molecule has 0 saturated carbocycles. The van der Waals surface area contributed by atoms with Gasteiger partial charge in [-0.1, -0.05) is 18.2 Å². The second-order valence-corrected chi connectivity index (χ2v) is 3.36. The molecule has 0 aromatic rings. The number of nitrogens with two attached hydrogens (primary N) is 1. The molecule has 0 saturated heterocycles. The predicted octanol–water partition coefficient (Wildman–Crippen LogP) is 3.19. The van der Waals surface area contributed by atoms with E-state index in [2.05, 4.69) is 19.2 Å². The highest BCUT2D eigenvalue weighted by atomic mass is 32.1. The number of hydrogen-bond acceptors (Lipinski definition) is 2. The first-order valence-electron chi connectivity index (χ1n) is 4.10. The van der Waals surface area contributed by atoms with E-state index < -0.39 is 0 Å². The number of rotatable bonds is 3. The topological polar surface area (TPSA) is 26.0 Å². The SMILES string of the molecule is C=C(C)/C(C)=C/C(/C=C\S)=C(/C)N. The fraction of sp³-hybridized carbons (Fsp3) is 0.273. The van der Waals surface area contributed by atoms with Crippen molar-refractivity contribution in [2.75, 3.05) is 0 Å². The number of thiol groups is 1. The van der Waals surface area contributed by atoms with Crippen LogP contribution in [0.4, 0.5) is 0 Å². The van der Waals surface area contributed by atoms with Gasteiger partial charge in [0.25, 0.3) is 0 Å². The Morgan fingerprint density at radius 2 is 1.85 bits per heavy atom. The molecule has 2 heteroatoms. The summed E-state index contributed by atoms with van der Waals surface area (Å²) in [6.07, 6.45) is 3.87. The molecule has 0 atom stereocenters. The Morgan fingerprint density at radius 1 is 1.31 bits per heavy atom. The van der Waals surface area contributed by atoms with Crippen LogP contribution in [0.15, 0.2) is 46.6 Å². The molecule has 0 aliphatic rings. The van der Waals surface area contributed by atoms with E-state index >= 15 is 0 Å². The first kappa shape index (κ1) is 12.1. The quantitative estimate of drug-likeness (QED) is 0.525. The molecule has 0 radical (unpaired) electrons. The lowest BCUT2D eigenvalue weighted by Crippen LogP contribution is -1.95. The monoisotopic (exact) mass is 195 g/mol. The summed E-state index contributed by atoms with van der Waals surface area (Å²) in [4.78, 5) is 0. The maximum absolute atomic E-state index is 5.69. The van der Waals surface area contributed by atoms with E-state index in [0.717, 1.165) is 22.4 Å². The number of allylic oxidation sites excluding steroid dienone is 6. The van der Waals surface area contributed by atoms with Gasteiger partial charge in [-0.05, 0) is 43.4 Å². The summed E-state index contributed by atoms with van der Waals surface area (Å²) in [5, 5.41) is 1.67. The van der Waals surface area contributed by atoms with Gasteiger partial charge in [0, 0.05) is 5.70 Å². The van der Waals surface area contributed by atoms with Crippen LogP contribution < -0.4 is 5.73 Å². The molecule has 0 aromatic carbocycles. The standard InChI is InChI=1S/C11H17NS/c1-8(2)9(3)7-11(5-6-13)10(4)12/h5-7,13H,1,12H2,2-4H3/b6-5-,9-7+,11-10-. The molecule has 0 spiro atoms. The molecule has 13 heavy (non-hydrogen) atoms. The molecule has 72 valence electrons. The average Bonchev–Trinajstić information content (AvgIpc) is 2.03. The van der Waals surface area contributed by atoms with Crippen molar-refractivity contribution in [3.63, 3.8) is 0 Å².